The van der Waals surface area contributed by atoms with Crippen LogP contribution in [-0.4, -0.2) is 19.8 Å². The van der Waals surface area contributed by atoms with Crippen LogP contribution in [0.3, 0.4) is 0 Å². The van der Waals surface area contributed by atoms with Crippen molar-refractivity contribution in [2.75, 3.05) is 5.33 Å². The van der Waals surface area contributed by atoms with Gasteiger partial charge in [-0.05, 0) is 40.9 Å². The minimum atomic E-state index is -3.44. The number of hydrogen-bond donors (Lipinski definition) is 1. The fourth-order valence-electron chi connectivity index (χ4n) is 1.42. The summed E-state index contributed by atoms with van der Waals surface area (Å²) in [5.41, 5.74) is 0. The first kappa shape index (κ1) is 15.1. The second-order valence-electron chi connectivity index (χ2n) is 3.63. The molecule has 0 spiro atoms. The molecule has 0 heterocycles. The summed E-state index contributed by atoms with van der Waals surface area (Å²) in [6, 6.07) is 6.78. The Labute approximate surface area is 119 Å². The minimum absolute atomic E-state index is 0.0357. The molecule has 0 aromatic heterocycles. The molecule has 1 rings (SSSR count). The Morgan fingerprint density at radius 3 is 2.53 bits per heavy atom. The van der Waals surface area contributed by atoms with Gasteiger partial charge in [0.2, 0.25) is 10.0 Å². The molecular weight excluding hydrogens is 370 g/mol. The van der Waals surface area contributed by atoms with Crippen molar-refractivity contribution < 1.29 is 8.42 Å². The highest BCUT2D eigenvalue weighted by atomic mass is 79.9. The number of nitrogens with one attached hydrogen (secondary N) is 1. The van der Waals surface area contributed by atoms with Crippen LogP contribution < -0.4 is 4.72 Å². The first-order valence-corrected chi connectivity index (χ1v) is 8.74. The zero-order chi connectivity index (χ0) is 12.9. The van der Waals surface area contributed by atoms with Gasteiger partial charge in [0, 0.05) is 15.8 Å². The number of rotatable bonds is 6. The third kappa shape index (κ3) is 4.35. The lowest BCUT2D eigenvalue weighted by Crippen LogP contribution is -2.34. The summed E-state index contributed by atoms with van der Waals surface area (Å²) in [6.45, 7) is 1.97. The van der Waals surface area contributed by atoms with Crippen LogP contribution in [-0.2, 0) is 10.0 Å². The van der Waals surface area contributed by atoms with Crippen molar-refractivity contribution in [1.82, 2.24) is 4.72 Å². The molecule has 0 aliphatic carbocycles. The van der Waals surface area contributed by atoms with Crippen LogP contribution in [0.1, 0.15) is 19.8 Å². The molecule has 0 saturated carbocycles. The molecule has 1 unspecified atom stereocenters. The van der Waals surface area contributed by atoms with Gasteiger partial charge in [0.05, 0.1) is 4.90 Å². The van der Waals surface area contributed by atoms with Gasteiger partial charge in [-0.25, -0.2) is 13.1 Å². The molecule has 96 valence electrons. The highest BCUT2D eigenvalue weighted by Crippen LogP contribution is 2.21. The molecule has 0 amide bonds. The Bertz CT molecular complexity index is 462. The van der Waals surface area contributed by atoms with E-state index < -0.39 is 10.0 Å². The molecule has 0 bridgehead atoms. The van der Waals surface area contributed by atoms with Gasteiger partial charge in [0.15, 0.2) is 0 Å². The quantitative estimate of drug-likeness (QED) is 0.765. The van der Waals surface area contributed by atoms with Crippen molar-refractivity contribution in [3.05, 3.63) is 28.7 Å². The highest BCUT2D eigenvalue weighted by molar-refractivity contribution is 9.10. The van der Waals surface area contributed by atoms with Gasteiger partial charge in [0.25, 0.3) is 0 Å². The van der Waals surface area contributed by atoms with E-state index in [-0.39, 0.29) is 10.9 Å². The fourth-order valence-corrected chi connectivity index (χ4v) is 4.33. The molecule has 0 saturated heterocycles. The average molecular weight is 385 g/mol. The van der Waals surface area contributed by atoms with Gasteiger partial charge in [-0.2, -0.15) is 0 Å². The van der Waals surface area contributed by atoms with Crippen molar-refractivity contribution in [3.8, 4) is 0 Å². The maximum Gasteiger partial charge on any atom is 0.241 e. The second-order valence-corrected chi connectivity index (χ2v) is 6.96. The number of sulfonamides is 1. The van der Waals surface area contributed by atoms with Crippen molar-refractivity contribution in [3.63, 3.8) is 0 Å². The van der Waals surface area contributed by atoms with E-state index in [0.717, 1.165) is 18.2 Å². The summed E-state index contributed by atoms with van der Waals surface area (Å²) in [5, 5.41) is 0.782. The van der Waals surface area contributed by atoms with Crippen LogP contribution in [0.15, 0.2) is 33.6 Å². The molecule has 0 aliphatic heterocycles. The SMILES string of the molecule is CCC(CCBr)NS(=O)(=O)c1ccccc1Br. The van der Waals surface area contributed by atoms with Gasteiger partial charge >= 0.3 is 0 Å². The van der Waals surface area contributed by atoms with E-state index in [1.807, 2.05) is 6.92 Å². The predicted molar refractivity (Wildman–Crippen MR) is 77.0 cm³/mol. The van der Waals surface area contributed by atoms with Crippen LogP contribution in [0.25, 0.3) is 0 Å². The number of halogens is 2. The first-order chi connectivity index (χ1) is 8.01. The predicted octanol–water partition coefficient (Wildman–Crippen LogP) is 3.29. The van der Waals surface area contributed by atoms with Gasteiger partial charge in [-0.1, -0.05) is 35.0 Å². The normalized spacial score (nSPS) is 13.6. The molecule has 0 aliphatic rings. The molecule has 1 atom stereocenters. The molecule has 0 radical (unpaired) electrons. The van der Waals surface area contributed by atoms with E-state index in [4.69, 9.17) is 0 Å². The molecular formula is C11H15Br2NO2S. The van der Waals surface area contributed by atoms with Crippen molar-refractivity contribution in [2.24, 2.45) is 0 Å². The van der Waals surface area contributed by atoms with Gasteiger partial charge in [-0.15, -0.1) is 0 Å². The van der Waals surface area contributed by atoms with Crippen LogP contribution in [0, 0.1) is 0 Å². The van der Waals surface area contributed by atoms with Crippen LogP contribution >= 0.6 is 31.9 Å². The van der Waals surface area contributed by atoms with Crippen LogP contribution in [0.5, 0.6) is 0 Å². The number of alkyl halides is 1. The van der Waals surface area contributed by atoms with E-state index in [1.165, 1.54) is 0 Å². The van der Waals surface area contributed by atoms with E-state index in [9.17, 15) is 8.42 Å². The molecule has 1 aromatic rings. The third-order valence-electron chi connectivity index (χ3n) is 2.40. The molecule has 17 heavy (non-hydrogen) atoms. The smallest absolute Gasteiger partial charge is 0.208 e. The summed E-state index contributed by atoms with van der Waals surface area (Å²) in [7, 11) is -3.44. The zero-order valence-electron chi connectivity index (χ0n) is 9.49. The standard InChI is InChI=1S/C11H15Br2NO2S/c1-2-9(7-8-12)14-17(15,16)11-6-4-3-5-10(11)13/h3-6,9,14H,2,7-8H2,1H3. The number of benzene rings is 1. The summed E-state index contributed by atoms with van der Waals surface area (Å²) in [4.78, 5) is 0.285. The fraction of sp³-hybridized carbons (Fsp3) is 0.455. The van der Waals surface area contributed by atoms with E-state index in [1.54, 1.807) is 24.3 Å². The summed E-state index contributed by atoms with van der Waals surface area (Å²) in [6.07, 6.45) is 1.55. The first-order valence-electron chi connectivity index (χ1n) is 5.34. The Hall–Kier alpha value is 0.0900. The van der Waals surface area contributed by atoms with E-state index in [0.29, 0.717) is 4.47 Å². The van der Waals surface area contributed by atoms with Gasteiger partial charge < -0.3 is 0 Å². The summed E-state index contributed by atoms with van der Waals surface area (Å²) in [5.74, 6) is 0. The lowest BCUT2D eigenvalue weighted by atomic mass is 10.2. The van der Waals surface area contributed by atoms with Gasteiger partial charge in [-0.3, -0.25) is 0 Å². The lowest BCUT2D eigenvalue weighted by Gasteiger charge is -2.16. The van der Waals surface area contributed by atoms with Gasteiger partial charge in [0.1, 0.15) is 0 Å². The monoisotopic (exact) mass is 383 g/mol. The van der Waals surface area contributed by atoms with Crippen molar-refractivity contribution in [1.29, 1.82) is 0 Å². The third-order valence-corrected chi connectivity index (χ3v) is 5.39. The Balaban J connectivity index is 2.92. The number of hydrogen-bond acceptors (Lipinski definition) is 2. The van der Waals surface area contributed by atoms with Crippen LogP contribution in [0.4, 0.5) is 0 Å². The summed E-state index contributed by atoms with van der Waals surface area (Å²) < 4.78 is 27.6. The Kier molecular flexibility index (Phi) is 6.12. The summed E-state index contributed by atoms with van der Waals surface area (Å²) >= 11 is 6.58. The maximum atomic E-state index is 12.1. The Morgan fingerprint density at radius 2 is 2.00 bits per heavy atom. The van der Waals surface area contributed by atoms with Crippen molar-refractivity contribution in [2.45, 2.75) is 30.7 Å². The topological polar surface area (TPSA) is 46.2 Å². The molecule has 3 nitrogen and oxygen atoms in total. The maximum absolute atomic E-state index is 12.1. The average Bonchev–Trinajstić information content (AvgIpc) is 2.28. The minimum Gasteiger partial charge on any atom is -0.208 e. The largest absolute Gasteiger partial charge is 0.241 e. The van der Waals surface area contributed by atoms with E-state index in [2.05, 4.69) is 36.6 Å². The molecule has 0 fully saturated rings. The molecule has 1 N–H and O–H groups in total. The highest BCUT2D eigenvalue weighted by Gasteiger charge is 2.20. The zero-order valence-corrected chi connectivity index (χ0v) is 13.5. The lowest BCUT2D eigenvalue weighted by molar-refractivity contribution is 0.532. The Morgan fingerprint density at radius 1 is 1.35 bits per heavy atom. The van der Waals surface area contributed by atoms with Crippen molar-refractivity contribution >= 4 is 41.9 Å². The molecule has 1 aromatic carbocycles. The molecule has 6 heteroatoms. The van der Waals surface area contributed by atoms with Crippen LogP contribution in [0.2, 0.25) is 0 Å². The second kappa shape index (κ2) is 6.87. The van der Waals surface area contributed by atoms with E-state index >= 15 is 0 Å².